The Kier molecular flexibility index (Phi) is 1.73. The maximum atomic E-state index is 11.2. The van der Waals surface area contributed by atoms with Crippen molar-refractivity contribution >= 4 is 0 Å². The van der Waals surface area contributed by atoms with Crippen molar-refractivity contribution in [2.75, 3.05) is 0 Å². The average Bonchev–Trinajstić information content (AvgIpc) is 2.47. The number of H-pyrrole nitrogens is 1. The monoisotopic (exact) mass is 174 g/mol. The van der Waals surface area contributed by atoms with Crippen molar-refractivity contribution in [3.8, 4) is 5.69 Å². The highest BCUT2D eigenvalue weighted by Crippen LogP contribution is 2.01. The Morgan fingerprint density at radius 2 is 2.00 bits per heavy atom. The minimum atomic E-state index is -0.337. The molecule has 0 spiro atoms. The van der Waals surface area contributed by atoms with E-state index in [1.54, 1.807) is 0 Å². The predicted octanol–water partition coefficient (Wildman–Crippen LogP) is 0.743. The molecule has 1 N–H and O–H groups in total. The average molecular weight is 174 g/mol. The lowest BCUT2D eigenvalue weighted by Gasteiger charge is -1.97. The third-order valence-corrected chi connectivity index (χ3v) is 1.68. The normalized spacial score (nSPS) is 10.2. The minimum Gasteiger partial charge on any atom is -0.276 e. The van der Waals surface area contributed by atoms with E-state index in [-0.39, 0.29) is 5.69 Å². The van der Waals surface area contributed by atoms with Crippen LogP contribution in [0, 0.1) is 6.92 Å². The number of aromatic nitrogens is 3. The van der Waals surface area contributed by atoms with Crippen LogP contribution in [0.4, 0.5) is 0 Å². The highest BCUT2D eigenvalue weighted by Gasteiger charge is 2.01. The van der Waals surface area contributed by atoms with Crippen molar-refractivity contribution < 1.29 is 0 Å². The molecule has 2 rings (SSSR count). The van der Waals surface area contributed by atoms with Crippen molar-refractivity contribution in [3.63, 3.8) is 0 Å². The van der Waals surface area contributed by atoms with Gasteiger partial charge in [0.2, 0.25) is 0 Å². The van der Waals surface area contributed by atoms with E-state index in [0.717, 1.165) is 5.69 Å². The summed E-state index contributed by atoms with van der Waals surface area (Å²) >= 11 is 0. The van der Waals surface area contributed by atoms with E-state index in [1.165, 1.54) is 4.68 Å². The Labute approximate surface area is 74.8 Å². The van der Waals surface area contributed by atoms with E-state index < -0.39 is 0 Å². The number of para-hydroxylation sites is 1. The van der Waals surface area contributed by atoms with Crippen LogP contribution in [0.2, 0.25) is 0 Å². The van der Waals surface area contributed by atoms with Gasteiger partial charge >= 0.3 is 5.69 Å². The van der Waals surface area contributed by atoms with Crippen molar-refractivity contribution in [2.24, 2.45) is 0 Å². The highest BCUT2D eigenvalue weighted by atomic mass is 16.1. The van der Waals surface area contributed by atoms with E-state index in [2.05, 4.69) is 17.0 Å². The largest absolute Gasteiger partial charge is 0.368 e. The maximum Gasteiger partial charge on any atom is 0.368 e. The van der Waals surface area contributed by atoms with Crippen LogP contribution in [0.1, 0.15) is 5.82 Å². The quantitative estimate of drug-likeness (QED) is 0.693. The molecule has 0 saturated carbocycles. The summed E-state index contributed by atoms with van der Waals surface area (Å²) in [4.78, 5) is 14.8. The molecule has 0 aliphatic heterocycles. The van der Waals surface area contributed by atoms with Crippen LogP contribution in [-0.4, -0.2) is 14.8 Å². The molecule has 0 saturated heterocycles. The van der Waals surface area contributed by atoms with Crippen LogP contribution < -0.4 is 5.69 Å². The Morgan fingerprint density at radius 1 is 1.31 bits per heavy atom. The van der Waals surface area contributed by atoms with Gasteiger partial charge in [-0.25, -0.2) is 9.48 Å². The third-order valence-electron chi connectivity index (χ3n) is 1.68. The minimum absolute atomic E-state index is 0.337. The van der Waals surface area contributed by atoms with Gasteiger partial charge in [-0.3, -0.25) is 5.10 Å². The molecule has 1 heterocycles. The molecule has 13 heavy (non-hydrogen) atoms. The van der Waals surface area contributed by atoms with E-state index in [1.807, 2.05) is 30.3 Å². The zero-order chi connectivity index (χ0) is 9.26. The van der Waals surface area contributed by atoms with Crippen LogP contribution in [0.5, 0.6) is 0 Å². The molecular weight excluding hydrogens is 166 g/mol. The molecule has 4 heteroatoms. The second-order valence-corrected chi connectivity index (χ2v) is 2.62. The first kappa shape index (κ1) is 7.79. The van der Waals surface area contributed by atoms with Gasteiger partial charge < -0.3 is 0 Å². The molecule has 0 unspecified atom stereocenters. The molecule has 1 aromatic heterocycles. The molecule has 2 aromatic rings. The lowest BCUT2D eigenvalue weighted by Crippen LogP contribution is -2.15. The molecular formula is C9H8N3O. The Morgan fingerprint density at radius 3 is 2.54 bits per heavy atom. The van der Waals surface area contributed by atoms with Gasteiger partial charge in [-0.05, 0) is 12.1 Å². The summed E-state index contributed by atoms with van der Waals surface area (Å²) in [5.41, 5.74) is 0.422. The first-order valence-corrected chi connectivity index (χ1v) is 3.84. The van der Waals surface area contributed by atoms with Gasteiger partial charge in [-0.2, -0.15) is 4.98 Å². The second-order valence-electron chi connectivity index (χ2n) is 2.62. The number of hydrogen-bond donors (Lipinski definition) is 1. The van der Waals surface area contributed by atoms with Gasteiger partial charge in [-0.15, -0.1) is 0 Å². The molecule has 0 aliphatic carbocycles. The molecule has 0 amide bonds. The Hall–Kier alpha value is -1.84. The summed E-state index contributed by atoms with van der Waals surface area (Å²) in [5.74, 6) is 0.369. The van der Waals surface area contributed by atoms with E-state index in [0.29, 0.717) is 5.82 Å². The number of rotatable bonds is 1. The lowest BCUT2D eigenvalue weighted by molar-refractivity contribution is 0.838. The summed E-state index contributed by atoms with van der Waals surface area (Å²) in [6.45, 7) is 3.54. The molecule has 1 aromatic carbocycles. The number of nitrogens with zero attached hydrogens (tertiary/aromatic N) is 2. The molecule has 1 radical (unpaired) electrons. The SMILES string of the molecule is [CH2]c1nc(=O)n(-c2ccccc2)[nH]1. The Balaban J connectivity index is 2.59. The molecule has 0 aliphatic rings. The van der Waals surface area contributed by atoms with Crippen molar-refractivity contribution in [1.29, 1.82) is 0 Å². The zero-order valence-electron chi connectivity index (χ0n) is 6.90. The third kappa shape index (κ3) is 1.38. The summed E-state index contributed by atoms with van der Waals surface area (Å²) < 4.78 is 1.35. The van der Waals surface area contributed by atoms with Crippen LogP contribution in [0.25, 0.3) is 5.69 Å². The molecule has 4 nitrogen and oxygen atoms in total. The van der Waals surface area contributed by atoms with Crippen LogP contribution in [0.3, 0.4) is 0 Å². The fourth-order valence-electron chi connectivity index (χ4n) is 1.12. The lowest BCUT2D eigenvalue weighted by atomic mass is 10.3. The number of benzene rings is 1. The van der Waals surface area contributed by atoms with E-state index in [9.17, 15) is 4.79 Å². The summed E-state index contributed by atoms with van der Waals surface area (Å²) in [5, 5.41) is 2.74. The first-order chi connectivity index (χ1) is 6.27. The smallest absolute Gasteiger partial charge is 0.276 e. The summed E-state index contributed by atoms with van der Waals surface area (Å²) in [6, 6.07) is 9.23. The number of aromatic amines is 1. The van der Waals surface area contributed by atoms with Gasteiger partial charge in [0, 0.05) is 6.92 Å². The zero-order valence-corrected chi connectivity index (χ0v) is 6.90. The van der Waals surface area contributed by atoms with E-state index in [4.69, 9.17) is 0 Å². The number of nitrogens with one attached hydrogen (secondary N) is 1. The molecule has 0 bridgehead atoms. The summed E-state index contributed by atoms with van der Waals surface area (Å²) in [7, 11) is 0. The topological polar surface area (TPSA) is 50.7 Å². The highest BCUT2D eigenvalue weighted by molar-refractivity contribution is 5.29. The van der Waals surface area contributed by atoms with E-state index >= 15 is 0 Å². The van der Waals surface area contributed by atoms with Crippen LogP contribution in [-0.2, 0) is 0 Å². The van der Waals surface area contributed by atoms with Crippen molar-refractivity contribution in [3.05, 3.63) is 53.6 Å². The van der Waals surface area contributed by atoms with Gasteiger partial charge in [0.05, 0.1) is 5.69 Å². The fraction of sp³-hybridized carbons (Fsp3) is 0. The fourth-order valence-corrected chi connectivity index (χ4v) is 1.12. The molecule has 0 fully saturated rings. The first-order valence-electron chi connectivity index (χ1n) is 3.84. The van der Waals surface area contributed by atoms with Gasteiger partial charge in [-0.1, -0.05) is 18.2 Å². The molecule has 65 valence electrons. The van der Waals surface area contributed by atoms with Crippen LogP contribution in [0.15, 0.2) is 35.1 Å². The van der Waals surface area contributed by atoms with Gasteiger partial charge in [0.25, 0.3) is 0 Å². The molecule has 0 atom stereocenters. The van der Waals surface area contributed by atoms with Crippen molar-refractivity contribution in [1.82, 2.24) is 14.8 Å². The Bertz CT molecular complexity index is 455. The standard InChI is InChI=1S/C9H8N3O/c1-7-10-9(13)12(11-7)8-5-3-2-4-6-8/h2-6H,1H2,(H,10,11,13). The second kappa shape index (κ2) is 2.90. The van der Waals surface area contributed by atoms with Gasteiger partial charge in [0.1, 0.15) is 5.82 Å². The number of hydrogen-bond acceptors (Lipinski definition) is 2. The predicted molar refractivity (Wildman–Crippen MR) is 48.6 cm³/mol. The van der Waals surface area contributed by atoms with Crippen LogP contribution >= 0.6 is 0 Å². The van der Waals surface area contributed by atoms with Crippen molar-refractivity contribution in [2.45, 2.75) is 0 Å². The van der Waals surface area contributed by atoms with Gasteiger partial charge in [0.15, 0.2) is 0 Å². The maximum absolute atomic E-state index is 11.2. The summed E-state index contributed by atoms with van der Waals surface area (Å²) in [6.07, 6.45) is 0.